The van der Waals surface area contributed by atoms with E-state index in [1.807, 2.05) is 6.07 Å². The molecular weight excluding hydrogens is 298 g/mol. The van der Waals surface area contributed by atoms with Crippen molar-refractivity contribution < 1.29 is 19.2 Å². The first-order valence-corrected chi connectivity index (χ1v) is 6.87. The SMILES string of the molecule is COC1(c2ccccc2)OC=C(c2ccc([N+](=O)[O-])cc2)C1=O. The second kappa shape index (κ2) is 5.66. The van der Waals surface area contributed by atoms with Crippen LogP contribution in [0.25, 0.3) is 5.57 Å². The van der Waals surface area contributed by atoms with Gasteiger partial charge < -0.3 is 9.47 Å². The van der Waals surface area contributed by atoms with E-state index in [0.29, 0.717) is 16.7 Å². The molecule has 0 saturated carbocycles. The molecule has 0 aliphatic carbocycles. The Hall–Kier alpha value is -2.99. The van der Waals surface area contributed by atoms with Crippen molar-refractivity contribution >= 4 is 17.0 Å². The van der Waals surface area contributed by atoms with Crippen LogP contribution in [0.3, 0.4) is 0 Å². The third-order valence-electron chi connectivity index (χ3n) is 3.72. The zero-order chi connectivity index (χ0) is 16.4. The molecule has 0 N–H and O–H groups in total. The molecule has 1 atom stereocenters. The Labute approximate surface area is 132 Å². The topological polar surface area (TPSA) is 78.7 Å². The number of carbonyl (C=O) groups excluding carboxylic acids is 1. The summed E-state index contributed by atoms with van der Waals surface area (Å²) in [5.74, 6) is -1.86. The molecule has 1 aliphatic rings. The minimum atomic E-state index is -1.52. The van der Waals surface area contributed by atoms with Crippen molar-refractivity contribution in [2.75, 3.05) is 7.11 Å². The number of nitro groups is 1. The summed E-state index contributed by atoms with van der Waals surface area (Å²) in [5, 5.41) is 10.7. The van der Waals surface area contributed by atoms with Crippen molar-refractivity contribution in [3.05, 3.63) is 82.1 Å². The van der Waals surface area contributed by atoms with E-state index in [2.05, 4.69) is 0 Å². The van der Waals surface area contributed by atoms with E-state index in [9.17, 15) is 14.9 Å². The lowest BCUT2D eigenvalue weighted by Gasteiger charge is -2.25. The van der Waals surface area contributed by atoms with Gasteiger partial charge in [-0.05, 0) is 17.7 Å². The van der Waals surface area contributed by atoms with Gasteiger partial charge in [-0.1, -0.05) is 30.3 Å². The van der Waals surface area contributed by atoms with Gasteiger partial charge in [0.15, 0.2) is 0 Å². The zero-order valence-corrected chi connectivity index (χ0v) is 12.3. The van der Waals surface area contributed by atoms with Crippen LogP contribution in [0.2, 0.25) is 0 Å². The van der Waals surface area contributed by atoms with E-state index in [1.165, 1.54) is 37.6 Å². The maximum Gasteiger partial charge on any atom is 0.301 e. The smallest absolute Gasteiger partial charge is 0.301 e. The fourth-order valence-electron chi connectivity index (χ4n) is 2.50. The van der Waals surface area contributed by atoms with Crippen LogP contribution in [-0.2, 0) is 20.1 Å². The number of hydrogen-bond acceptors (Lipinski definition) is 5. The summed E-state index contributed by atoms with van der Waals surface area (Å²) < 4.78 is 10.9. The molecule has 6 heteroatoms. The van der Waals surface area contributed by atoms with Crippen molar-refractivity contribution in [1.29, 1.82) is 0 Å². The molecule has 6 nitrogen and oxygen atoms in total. The van der Waals surface area contributed by atoms with Gasteiger partial charge in [-0.15, -0.1) is 0 Å². The molecule has 1 aliphatic heterocycles. The van der Waals surface area contributed by atoms with Gasteiger partial charge in [0.1, 0.15) is 0 Å². The van der Waals surface area contributed by atoms with Gasteiger partial charge in [-0.2, -0.15) is 0 Å². The summed E-state index contributed by atoms with van der Waals surface area (Å²) in [6.07, 6.45) is 1.33. The first-order chi connectivity index (χ1) is 11.1. The highest BCUT2D eigenvalue weighted by atomic mass is 16.7. The summed E-state index contributed by atoms with van der Waals surface area (Å²) in [4.78, 5) is 23.0. The van der Waals surface area contributed by atoms with E-state index in [0.717, 1.165) is 0 Å². The van der Waals surface area contributed by atoms with Crippen LogP contribution in [0.15, 0.2) is 60.9 Å². The molecular formula is C17H13NO5. The van der Waals surface area contributed by atoms with Crippen molar-refractivity contribution in [2.45, 2.75) is 5.79 Å². The van der Waals surface area contributed by atoms with E-state index in [1.54, 1.807) is 24.3 Å². The van der Waals surface area contributed by atoms with Crippen LogP contribution in [0.1, 0.15) is 11.1 Å². The number of nitrogens with zero attached hydrogens (tertiary/aromatic N) is 1. The number of non-ortho nitro benzene ring substituents is 1. The molecule has 0 bridgehead atoms. The molecule has 0 spiro atoms. The average Bonchev–Trinajstić information content (AvgIpc) is 2.93. The van der Waals surface area contributed by atoms with E-state index < -0.39 is 10.7 Å². The molecule has 23 heavy (non-hydrogen) atoms. The van der Waals surface area contributed by atoms with Crippen molar-refractivity contribution in [1.82, 2.24) is 0 Å². The molecule has 0 amide bonds. The summed E-state index contributed by atoms with van der Waals surface area (Å²) in [6.45, 7) is 0. The van der Waals surface area contributed by atoms with Gasteiger partial charge >= 0.3 is 5.79 Å². The Bertz CT molecular complexity index is 782. The molecule has 1 unspecified atom stereocenters. The number of rotatable bonds is 4. The number of Topliss-reactive ketones (excluding diaryl/α,β-unsaturated/α-hetero) is 1. The number of methoxy groups -OCH3 is 1. The van der Waals surface area contributed by atoms with Crippen molar-refractivity contribution in [3.8, 4) is 0 Å². The van der Waals surface area contributed by atoms with Crippen molar-refractivity contribution in [2.24, 2.45) is 0 Å². The van der Waals surface area contributed by atoms with Crippen molar-refractivity contribution in [3.63, 3.8) is 0 Å². The third kappa shape index (κ3) is 2.39. The maximum absolute atomic E-state index is 12.8. The van der Waals surface area contributed by atoms with Gasteiger partial charge in [-0.25, -0.2) is 0 Å². The summed E-state index contributed by atoms with van der Waals surface area (Å²) in [5.41, 5.74) is 1.39. The second-order valence-electron chi connectivity index (χ2n) is 4.97. The molecule has 1 heterocycles. The number of ether oxygens (including phenoxy) is 2. The first-order valence-electron chi connectivity index (χ1n) is 6.87. The summed E-state index contributed by atoms with van der Waals surface area (Å²) in [7, 11) is 1.40. The average molecular weight is 311 g/mol. The van der Waals surface area contributed by atoms with Gasteiger partial charge in [0.25, 0.3) is 5.69 Å². The summed E-state index contributed by atoms with van der Waals surface area (Å²) in [6, 6.07) is 14.6. The number of carbonyl (C=O) groups is 1. The van der Waals surface area contributed by atoms with Crippen LogP contribution in [0.5, 0.6) is 0 Å². The largest absolute Gasteiger partial charge is 0.458 e. The number of hydrogen-bond donors (Lipinski definition) is 0. The fourth-order valence-corrected chi connectivity index (χ4v) is 2.50. The van der Waals surface area contributed by atoms with E-state index >= 15 is 0 Å². The van der Waals surface area contributed by atoms with Crippen LogP contribution in [0, 0.1) is 10.1 Å². The monoisotopic (exact) mass is 311 g/mol. The van der Waals surface area contributed by atoms with E-state index in [4.69, 9.17) is 9.47 Å². The minimum absolute atomic E-state index is 0.0400. The van der Waals surface area contributed by atoms with Gasteiger partial charge in [0, 0.05) is 24.8 Å². The van der Waals surface area contributed by atoms with Gasteiger partial charge in [0.05, 0.1) is 16.8 Å². The number of ketones is 1. The Kier molecular flexibility index (Phi) is 3.67. The Morgan fingerprint density at radius 1 is 1.09 bits per heavy atom. The molecule has 2 aromatic carbocycles. The highest BCUT2D eigenvalue weighted by Crippen LogP contribution is 2.39. The quantitative estimate of drug-likeness (QED) is 0.640. The van der Waals surface area contributed by atoms with Crippen LogP contribution in [0.4, 0.5) is 5.69 Å². The Morgan fingerprint density at radius 3 is 2.30 bits per heavy atom. The lowest BCUT2D eigenvalue weighted by Crippen LogP contribution is -2.36. The number of benzene rings is 2. The molecule has 116 valence electrons. The second-order valence-corrected chi connectivity index (χ2v) is 4.97. The highest BCUT2D eigenvalue weighted by molar-refractivity contribution is 6.25. The molecule has 0 saturated heterocycles. The predicted molar refractivity (Wildman–Crippen MR) is 82.3 cm³/mol. The first kappa shape index (κ1) is 14.9. The molecule has 2 aromatic rings. The highest BCUT2D eigenvalue weighted by Gasteiger charge is 2.48. The zero-order valence-electron chi connectivity index (χ0n) is 12.3. The molecule has 3 rings (SSSR count). The van der Waals surface area contributed by atoms with Gasteiger partial charge in [-0.3, -0.25) is 14.9 Å². The van der Waals surface area contributed by atoms with E-state index in [-0.39, 0.29) is 11.5 Å². The molecule has 0 radical (unpaired) electrons. The molecule has 0 fully saturated rings. The van der Waals surface area contributed by atoms with Crippen LogP contribution in [-0.4, -0.2) is 17.8 Å². The number of nitro benzene ring substituents is 1. The minimum Gasteiger partial charge on any atom is -0.458 e. The normalized spacial score (nSPS) is 20.0. The van der Waals surface area contributed by atoms with Crippen LogP contribution < -0.4 is 0 Å². The van der Waals surface area contributed by atoms with Gasteiger partial charge in [0.2, 0.25) is 5.78 Å². The van der Waals surface area contributed by atoms with Crippen LogP contribution >= 0.6 is 0 Å². The third-order valence-corrected chi connectivity index (χ3v) is 3.72. The lowest BCUT2D eigenvalue weighted by atomic mass is 9.94. The Balaban J connectivity index is 1.95. The maximum atomic E-state index is 12.8. The Morgan fingerprint density at radius 2 is 1.74 bits per heavy atom. The predicted octanol–water partition coefficient (Wildman–Crippen LogP) is 3.03. The standard InChI is InChI=1S/C17H13NO5/c1-22-17(13-5-3-2-4-6-13)16(19)15(11-23-17)12-7-9-14(10-8-12)18(20)21/h2-11H,1H3. The fraction of sp³-hybridized carbons (Fsp3) is 0.118. The lowest BCUT2D eigenvalue weighted by molar-refractivity contribution is -0.384. The summed E-state index contributed by atoms with van der Waals surface area (Å²) >= 11 is 0. The molecule has 0 aromatic heterocycles.